The summed E-state index contributed by atoms with van der Waals surface area (Å²) in [5, 5.41) is 16.8. The molecule has 0 aromatic carbocycles. The van der Waals surface area contributed by atoms with Crippen LogP contribution in [0.15, 0.2) is 0 Å². The van der Waals surface area contributed by atoms with Crippen molar-refractivity contribution in [3.05, 3.63) is 0 Å². The van der Waals surface area contributed by atoms with Crippen molar-refractivity contribution in [1.29, 1.82) is 0 Å². The fourth-order valence-corrected chi connectivity index (χ4v) is 1.45. The molecular formula is C5H14O3Si. The third-order valence-electron chi connectivity index (χ3n) is 1.01. The van der Waals surface area contributed by atoms with Gasteiger partial charge in [0.05, 0.1) is 0 Å². The Bertz CT molecular complexity index is 76.8. The molecule has 0 spiro atoms. The maximum absolute atomic E-state index is 9.18. The van der Waals surface area contributed by atoms with Gasteiger partial charge in [-0.05, 0) is 25.6 Å². The Labute approximate surface area is 56.1 Å². The molecule has 0 bridgehead atoms. The van der Waals surface area contributed by atoms with Gasteiger partial charge >= 0.3 is 0 Å². The molecule has 0 saturated heterocycles. The summed E-state index contributed by atoms with van der Waals surface area (Å²) < 4.78 is 0. The molecule has 0 rings (SSSR count). The fraction of sp³-hybridized carbons (Fsp3) is 1.00. The van der Waals surface area contributed by atoms with Crippen molar-refractivity contribution in [2.75, 3.05) is 0 Å². The zero-order chi connectivity index (χ0) is 7.49. The lowest BCUT2D eigenvalue weighted by molar-refractivity contribution is -0.0419. The van der Waals surface area contributed by atoms with Gasteiger partial charge in [0.25, 0.3) is 0 Å². The molecule has 0 unspecified atom stereocenters. The van der Waals surface area contributed by atoms with E-state index in [-0.39, 0.29) is 6.42 Å². The van der Waals surface area contributed by atoms with Crippen molar-refractivity contribution in [1.82, 2.24) is 0 Å². The van der Waals surface area contributed by atoms with Gasteiger partial charge in [-0.15, -0.1) is 0 Å². The summed E-state index contributed by atoms with van der Waals surface area (Å²) >= 11 is 0. The Balaban J connectivity index is 3.28. The lowest BCUT2D eigenvalue weighted by Crippen LogP contribution is -2.26. The predicted octanol–water partition coefficient (Wildman–Crippen LogP) is -0.115. The molecule has 0 aromatic heterocycles. The molecule has 3 N–H and O–H groups in total. The zero-order valence-electron chi connectivity index (χ0n) is 5.83. The smallest absolute Gasteiger partial charge is 0.182 e. The van der Waals surface area contributed by atoms with Gasteiger partial charge in [0, 0.05) is 0 Å². The highest BCUT2D eigenvalue weighted by molar-refractivity contribution is 6.69. The van der Waals surface area contributed by atoms with Gasteiger partial charge in [0.1, 0.15) is 0 Å². The van der Waals surface area contributed by atoms with Crippen LogP contribution in [0.3, 0.4) is 0 Å². The number of rotatable bonds is 3. The first kappa shape index (κ1) is 9.10. The third-order valence-corrected chi connectivity index (χ3v) is 2.53. The summed E-state index contributed by atoms with van der Waals surface area (Å²) in [6, 6.07) is 0.546. The van der Waals surface area contributed by atoms with E-state index in [0.717, 1.165) is 0 Å². The average molecular weight is 150 g/mol. The number of hydrogen-bond acceptors (Lipinski definition) is 3. The van der Waals surface area contributed by atoms with E-state index in [4.69, 9.17) is 10.2 Å². The van der Waals surface area contributed by atoms with Crippen LogP contribution in [0.2, 0.25) is 19.1 Å². The lowest BCUT2D eigenvalue weighted by atomic mass is 10.5. The van der Waals surface area contributed by atoms with E-state index in [1.54, 1.807) is 13.1 Å². The Morgan fingerprint density at radius 1 is 1.33 bits per heavy atom. The fourth-order valence-electron chi connectivity index (χ4n) is 0.482. The molecule has 0 aliphatic carbocycles. The van der Waals surface area contributed by atoms with E-state index >= 15 is 0 Å². The SMILES string of the molecule is C[Si](C)(O)CCC(O)O. The Morgan fingerprint density at radius 2 is 1.78 bits per heavy atom. The van der Waals surface area contributed by atoms with E-state index in [9.17, 15) is 4.80 Å². The quantitative estimate of drug-likeness (QED) is 0.388. The summed E-state index contributed by atoms with van der Waals surface area (Å²) in [6.07, 6.45) is -0.973. The summed E-state index contributed by atoms with van der Waals surface area (Å²) in [4.78, 5) is 9.18. The van der Waals surface area contributed by atoms with Crippen LogP contribution in [0.5, 0.6) is 0 Å². The summed E-state index contributed by atoms with van der Waals surface area (Å²) in [7, 11) is -2.04. The van der Waals surface area contributed by atoms with Crippen LogP contribution in [0, 0.1) is 0 Å². The van der Waals surface area contributed by atoms with Crippen molar-refractivity contribution in [2.24, 2.45) is 0 Å². The largest absolute Gasteiger partial charge is 0.432 e. The number of aliphatic hydroxyl groups is 2. The molecule has 0 radical (unpaired) electrons. The minimum Gasteiger partial charge on any atom is -0.432 e. The lowest BCUT2D eigenvalue weighted by Gasteiger charge is -2.13. The first-order chi connectivity index (χ1) is 3.92. The van der Waals surface area contributed by atoms with Crippen molar-refractivity contribution in [2.45, 2.75) is 31.8 Å². The van der Waals surface area contributed by atoms with Gasteiger partial charge in [-0.2, -0.15) is 0 Å². The van der Waals surface area contributed by atoms with Crippen LogP contribution >= 0.6 is 0 Å². The molecule has 56 valence electrons. The summed E-state index contributed by atoms with van der Waals surface area (Å²) in [6.45, 7) is 3.55. The average Bonchev–Trinajstić information content (AvgIpc) is 1.59. The molecular weight excluding hydrogens is 136 g/mol. The van der Waals surface area contributed by atoms with Crippen molar-refractivity contribution in [3.8, 4) is 0 Å². The summed E-state index contributed by atoms with van der Waals surface area (Å²) in [5.41, 5.74) is 0. The molecule has 3 nitrogen and oxygen atoms in total. The van der Waals surface area contributed by atoms with Crippen molar-refractivity contribution < 1.29 is 15.0 Å². The van der Waals surface area contributed by atoms with E-state index in [1.165, 1.54) is 0 Å². The highest BCUT2D eigenvalue weighted by Gasteiger charge is 2.17. The minimum absolute atomic E-state index is 0.287. The van der Waals surface area contributed by atoms with Crippen LogP contribution in [0.1, 0.15) is 6.42 Å². The second-order valence-electron chi connectivity index (χ2n) is 2.83. The molecule has 0 heterocycles. The van der Waals surface area contributed by atoms with Crippen LogP contribution < -0.4 is 0 Å². The number of hydrogen-bond donors (Lipinski definition) is 3. The summed E-state index contributed by atoms with van der Waals surface area (Å²) in [5.74, 6) is 0. The van der Waals surface area contributed by atoms with Crippen LogP contribution in [-0.2, 0) is 0 Å². The highest BCUT2D eigenvalue weighted by atomic mass is 28.4. The molecule has 0 saturated carbocycles. The predicted molar refractivity (Wildman–Crippen MR) is 37.4 cm³/mol. The van der Waals surface area contributed by atoms with E-state index in [2.05, 4.69) is 0 Å². The molecule has 0 aliphatic heterocycles. The standard InChI is InChI=1S/C5H14O3Si/c1-9(2,8)4-3-5(6)7/h5-8H,3-4H2,1-2H3. The first-order valence-corrected chi connectivity index (χ1v) is 6.16. The highest BCUT2D eigenvalue weighted by Crippen LogP contribution is 2.08. The molecule has 0 aliphatic rings. The normalized spacial score (nSPS) is 12.7. The van der Waals surface area contributed by atoms with E-state index in [1.807, 2.05) is 0 Å². The van der Waals surface area contributed by atoms with Crippen molar-refractivity contribution in [3.63, 3.8) is 0 Å². The third kappa shape index (κ3) is 8.10. The van der Waals surface area contributed by atoms with E-state index < -0.39 is 14.6 Å². The zero-order valence-corrected chi connectivity index (χ0v) is 6.83. The maximum Gasteiger partial charge on any atom is 0.182 e. The molecule has 0 amide bonds. The maximum atomic E-state index is 9.18. The van der Waals surface area contributed by atoms with Gasteiger partial charge in [-0.3, -0.25) is 0 Å². The van der Waals surface area contributed by atoms with Gasteiger partial charge < -0.3 is 15.0 Å². The van der Waals surface area contributed by atoms with Crippen LogP contribution in [0.4, 0.5) is 0 Å². The topological polar surface area (TPSA) is 60.7 Å². The molecule has 0 aromatic rings. The first-order valence-electron chi connectivity index (χ1n) is 3.00. The Kier molecular flexibility index (Phi) is 3.35. The van der Waals surface area contributed by atoms with Gasteiger partial charge in [0.15, 0.2) is 14.6 Å². The van der Waals surface area contributed by atoms with Crippen LogP contribution in [0.25, 0.3) is 0 Å². The Morgan fingerprint density at radius 3 is 1.89 bits per heavy atom. The molecule has 4 heteroatoms. The minimum atomic E-state index is -2.04. The second-order valence-corrected chi connectivity index (χ2v) is 6.96. The van der Waals surface area contributed by atoms with Gasteiger partial charge in [-0.1, -0.05) is 0 Å². The van der Waals surface area contributed by atoms with Crippen molar-refractivity contribution >= 4 is 8.32 Å². The molecule has 9 heavy (non-hydrogen) atoms. The Hall–Kier alpha value is 0.0969. The molecule has 0 atom stereocenters. The van der Waals surface area contributed by atoms with Crippen LogP contribution in [-0.4, -0.2) is 29.6 Å². The van der Waals surface area contributed by atoms with Gasteiger partial charge in [-0.25, -0.2) is 0 Å². The second kappa shape index (κ2) is 3.31. The molecule has 0 fully saturated rings. The monoisotopic (exact) mass is 150 g/mol. The number of aliphatic hydroxyl groups excluding tert-OH is 1. The van der Waals surface area contributed by atoms with E-state index in [0.29, 0.717) is 6.04 Å². The van der Waals surface area contributed by atoms with Gasteiger partial charge in [0.2, 0.25) is 0 Å².